The van der Waals surface area contributed by atoms with E-state index >= 15 is 0 Å². The topological polar surface area (TPSA) is 66.3 Å². The van der Waals surface area contributed by atoms with E-state index in [0.717, 1.165) is 30.0 Å². The molecule has 0 saturated heterocycles. The summed E-state index contributed by atoms with van der Waals surface area (Å²) in [5.74, 6) is -0.179. The molecule has 1 aliphatic carbocycles. The van der Waals surface area contributed by atoms with Gasteiger partial charge in [0.15, 0.2) is 0 Å². The first-order valence-electron chi connectivity index (χ1n) is 5.77. The summed E-state index contributed by atoms with van der Waals surface area (Å²) >= 11 is 0. The van der Waals surface area contributed by atoms with Gasteiger partial charge in [-0.2, -0.15) is 0 Å². The van der Waals surface area contributed by atoms with Crippen molar-refractivity contribution in [3.8, 4) is 0 Å². The fraction of sp³-hybridized carbons (Fsp3) is 0.583. The number of aryl methyl sites for hydroxylation is 1. The van der Waals surface area contributed by atoms with Crippen molar-refractivity contribution in [2.24, 2.45) is 5.92 Å². The molecule has 1 aliphatic rings. The number of hydrogen-bond acceptors (Lipinski definition) is 4. The first-order valence-corrected chi connectivity index (χ1v) is 5.77. The molecule has 0 amide bonds. The maximum Gasteiger partial charge on any atom is 0.306 e. The Morgan fingerprint density at radius 2 is 2.35 bits per heavy atom. The zero-order chi connectivity index (χ0) is 12.4. The Balaban J connectivity index is 2.16. The molecule has 0 fully saturated rings. The number of fused-ring (bicyclic) bond motifs is 1. The molecule has 0 aromatic carbocycles. The monoisotopic (exact) mass is 235 g/mol. The summed E-state index contributed by atoms with van der Waals surface area (Å²) in [5.41, 5.74) is 2.01. The molecule has 1 aromatic heterocycles. The molecule has 5 heteroatoms. The Kier molecular flexibility index (Phi) is 3.38. The molecule has 0 aliphatic heterocycles. The van der Waals surface area contributed by atoms with Crippen LogP contribution in [0, 0.1) is 5.92 Å². The lowest BCUT2D eigenvalue weighted by Gasteiger charge is -2.21. The third-order valence-electron chi connectivity index (χ3n) is 3.01. The number of hydrogen-bond donors (Lipinski definition) is 1. The highest BCUT2D eigenvalue weighted by Gasteiger charge is 2.25. The minimum atomic E-state index is -0.715. The number of aliphatic carboxylic acids is 1. The lowest BCUT2D eigenvalue weighted by atomic mass is 9.87. The van der Waals surface area contributed by atoms with Crippen molar-refractivity contribution >= 4 is 5.97 Å². The molecular formula is C12H17N3O2. The van der Waals surface area contributed by atoms with E-state index in [2.05, 4.69) is 9.97 Å². The molecule has 1 atom stereocenters. The number of carboxylic acids is 1. The largest absolute Gasteiger partial charge is 0.481 e. The van der Waals surface area contributed by atoms with E-state index in [-0.39, 0.29) is 5.92 Å². The Bertz CT molecular complexity index is 432. The van der Waals surface area contributed by atoms with Gasteiger partial charge in [0.05, 0.1) is 12.5 Å². The maximum atomic E-state index is 10.9. The van der Waals surface area contributed by atoms with Gasteiger partial charge < -0.3 is 10.0 Å². The summed E-state index contributed by atoms with van der Waals surface area (Å²) < 4.78 is 0. The van der Waals surface area contributed by atoms with Gasteiger partial charge in [-0.15, -0.1) is 0 Å². The summed E-state index contributed by atoms with van der Waals surface area (Å²) in [5, 5.41) is 8.99. The van der Waals surface area contributed by atoms with Crippen molar-refractivity contribution in [1.82, 2.24) is 14.9 Å². The van der Waals surface area contributed by atoms with Crippen LogP contribution in [0.4, 0.5) is 0 Å². The smallest absolute Gasteiger partial charge is 0.306 e. The second kappa shape index (κ2) is 4.79. The van der Waals surface area contributed by atoms with Crippen molar-refractivity contribution in [2.75, 3.05) is 14.1 Å². The SMILES string of the molecule is CN(C)Cc1ncc2c(n1)CCC(C(=O)O)C2. The van der Waals surface area contributed by atoms with Gasteiger partial charge in [-0.05, 0) is 38.9 Å². The van der Waals surface area contributed by atoms with Crippen molar-refractivity contribution < 1.29 is 9.90 Å². The molecule has 92 valence electrons. The first kappa shape index (κ1) is 12.0. The lowest BCUT2D eigenvalue weighted by molar-refractivity contribution is -0.142. The van der Waals surface area contributed by atoms with Crippen molar-refractivity contribution in [3.63, 3.8) is 0 Å². The van der Waals surface area contributed by atoms with Crippen LogP contribution in [0.15, 0.2) is 6.20 Å². The summed E-state index contributed by atoms with van der Waals surface area (Å²) in [6, 6.07) is 0. The second-order valence-electron chi connectivity index (χ2n) is 4.77. The Labute approximate surface area is 100 Å². The van der Waals surface area contributed by atoms with Crippen molar-refractivity contribution in [3.05, 3.63) is 23.3 Å². The van der Waals surface area contributed by atoms with Gasteiger partial charge in [0.2, 0.25) is 0 Å². The average molecular weight is 235 g/mol. The van der Waals surface area contributed by atoms with Crippen LogP contribution >= 0.6 is 0 Å². The number of nitrogens with zero attached hydrogens (tertiary/aromatic N) is 3. The molecule has 1 heterocycles. The van der Waals surface area contributed by atoms with E-state index < -0.39 is 5.97 Å². The summed E-state index contributed by atoms with van der Waals surface area (Å²) in [6.45, 7) is 0.718. The van der Waals surface area contributed by atoms with E-state index in [1.54, 1.807) is 6.20 Å². The molecule has 1 aromatic rings. The van der Waals surface area contributed by atoms with Gasteiger partial charge in [-0.1, -0.05) is 0 Å². The third-order valence-corrected chi connectivity index (χ3v) is 3.01. The van der Waals surface area contributed by atoms with E-state index in [4.69, 9.17) is 5.11 Å². The van der Waals surface area contributed by atoms with Crippen molar-refractivity contribution in [2.45, 2.75) is 25.8 Å². The number of carbonyl (C=O) groups is 1. The highest BCUT2D eigenvalue weighted by atomic mass is 16.4. The molecule has 17 heavy (non-hydrogen) atoms. The van der Waals surface area contributed by atoms with Crippen molar-refractivity contribution in [1.29, 1.82) is 0 Å². The Hall–Kier alpha value is -1.49. The predicted molar refractivity (Wildman–Crippen MR) is 62.6 cm³/mol. The molecule has 0 radical (unpaired) electrons. The van der Waals surface area contributed by atoms with Crippen LogP contribution in [0.2, 0.25) is 0 Å². The summed E-state index contributed by atoms with van der Waals surface area (Å²) in [7, 11) is 3.95. The molecule has 0 bridgehead atoms. The molecule has 0 saturated carbocycles. The quantitative estimate of drug-likeness (QED) is 0.836. The Morgan fingerprint density at radius 3 is 3.00 bits per heavy atom. The van der Waals surface area contributed by atoms with Crippen LogP contribution in [0.5, 0.6) is 0 Å². The summed E-state index contributed by atoms with van der Waals surface area (Å²) in [6.07, 6.45) is 3.78. The van der Waals surface area contributed by atoms with Crippen LogP contribution in [0.25, 0.3) is 0 Å². The fourth-order valence-corrected chi connectivity index (χ4v) is 2.12. The third kappa shape index (κ3) is 2.79. The van der Waals surface area contributed by atoms with Gasteiger partial charge in [0.1, 0.15) is 5.82 Å². The Morgan fingerprint density at radius 1 is 1.59 bits per heavy atom. The molecule has 5 nitrogen and oxygen atoms in total. The van der Waals surface area contributed by atoms with E-state index in [0.29, 0.717) is 12.8 Å². The number of carboxylic acid groups (broad SMARTS) is 1. The molecular weight excluding hydrogens is 218 g/mol. The van der Waals surface area contributed by atoms with E-state index in [1.165, 1.54) is 0 Å². The minimum Gasteiger partial charge on any atom is -0.481 e. The second-order valence-corrected chi connectivity index (χ2v) is 4.77. The maximum absolute atomic E-state index is 10.9. The van der Waals surface area contributed by atoms with Crippen LogP contribution in [0.3, 0.4) is 0 Å². The van der Waals surface area contributed by atoms with E-state index in [9.17, 15) is 4.79 Å². The average Bonchev–Trinajstić information content (AvgIpc) is 2.27. The van der Waals surface area contributed by atoms with Gasteiger partial charge >= 0.3 is 5.97 Å². The van der Waals surface area contributed by atoms with Gasteiger partial charge in [-0.25, -0.2) is 9.97 Å². The fourth-order valence-electron chi connectivity index (χ4n) is 2.12. The minimum absolute atomic E-state index is 0.272. The lowest BCUT2D eigenvalue weighted by Crippen LogP contribution is -2.24. The number of rotatable bonds is 3. The zero-order valence-corrected chi connectivity index (χ0v) is 10.2. The standard InChI is InChI=1S/C12H17N3O2/c1-15(2)7-11-13-6-9-5-8(12(16)17)3-4-10(9)14-11/h6,8H,3-5,7H2,1-2H3,(H,16,17). The van der Waals surface area contributed by atoms with Gasteiger partial charge in [0.25, 0.3) is 0 Å². The van der Waals surface area contributed by atoms with Crippen LogP contribution in [-0.4, -0.2) is 40.0 Å². The molecule has 1 N–H and O–H groups in total. The first-order chi connectivity index (χ1) is 8.06. The molecule has 2 rings (SSSR count). The van der Waals surface area contributed by atoms with Gasteiger partial charge in [-0.3, -0.25) is 4.79 Å². The van der Waals surface area contributed by atoms with E-state index in [1.807, 2.05) is 19.0 Å². The van der Waals surface area contributed by atoms with Crippen LogP contribution in [0.1, 0.15) is 23.5 Å². The normalized spacial score (nSPS) is 19.1. The zero-order valence-electron chi connectivity index (χ0n) is 10.2. The van der Waals surface area contributed by atoms with Crippen LogP contribution in [-0.2, 0) is 24.2 Å². The summed E-state index contributed by atoms with van der Waals surface area (Å²) in [4.78, 5) is 21.7. The predicted octanol–water partition coefficient (Wildman–Crippen LogP) is 0.728. The number of aromatic nitrogens is 2. The molecule has 1 unspecified atom stereocenters. The highest BCUT2D eigenvalue weighted by molar-refractivity contribution is 5.70. The highest BCUT2D eigenvalue weighted by Crippen LogP contribution is 2.23. The van der Waals surface area contributed by atoms with Crippen LogP contribution < -0.4 is 0 Å². The molecule has 0 spiro atoms. The van der Waals surface area contributed by atoms with Gasteiger partial charge in [0, 0.05) is 11.9 Å².